The van der Waals surface area contributed by atoms with Gasteiger partial charge in [0, 0.05) is 11.1 Å². The van der Waals surface area contributed by atoms with Gasteiger partial charge in [-0.25, -0.2) is 4.98 Å². The van der Waals surface area contributed by atoms with E-state index in [1.165, 1.54) is 0 Å². The lowest BCUT2D eigenvalue weighted by Gasteiger charge is -2.15. The van der Waals surface area contributed by atoms with Crippen LogP contribution in [0, 0.1) is 6.92 Å². The van der Waals surface area contributed by atoms with Gasteiger partial charge in [0.25, 0.3) is 5.71 Å². The van der Waals surface area contributed by atoms with Crippen molar-refractivity contribution in [2.45, 2.75) is 33.1 Å². The zero-order valence-corrected chi connectivity index (χ0v) is 9.96. The molecule has 0 saturated carbocycles. The van der Waals surface area contributed by atoms with Gasteiger partial charge >= 0.3 is 0 Å². The fourth-order valence-electron chi connectivity index (χ4n) is 1.70. The maximum absolute atomic E-state index is 5.51. The fourth-order valence-corrected chi connectivity index (χ4v) is 1.70. The highest BCUT2D eigenvalue weighted by Crippen LogP contribution is 2.33. The number of hydrogen-bond donors (Lipinski definition) is 2. The number of nitrogens with one attached hydrogen (secondary N) is 1. The van der Waals surface area contributed by atoms with Gasteiger partial charge < -0.3 is 9.95 Å². The first kappa shape index (κ1) is 10.9. The van der Waals surface area contributed by atoms with Crippen LogP contribution in [-0.2, 0) is 5.41 Å². The van der Waals surface area contributed by atoms with Crippen molar-refractivity contribution in [1.82, 2.24) is 10.1 Å². The van der Waals surface area contributed by atoms with Crippen molar-refractivity contribution in [2.24, 2.45) is 5.84 Å². The molecule has 5 nitrogen and oxygen atoms in total. The second-order valence-electron chi connectivity index (χ2n) is 4.92. The number of aromatic nitrogens is 2. The van der Waals surface area contributed by atoms with Crippen molar-refractivity contribution in [1.29, 1.82) is 0 Å². The predicted octanol–water partition coefficient (Wildman–Crippen LogP) is 2.11. The number of rotatable bonds is 1. The van der Waals surface area contributed by atoms with Gasteiger partial charge in [-0.2, -0.15) is 0 Å². The van der Waals surface area contributed by atoms with Gasteiger partial charge in [-0.05, 0) is 13.0 Å². The van der Waals surface area contributed by atoms with Crippen molar-refractivity contribution in [3.8, 4) is 0 Å². The summed E-state index contributed by atoms with van der Waals surface area (Å²) in [5, 5.41) is 4.94. The second kappa shape index (κ2) is 3.45. The van der Waals surface area contributed by atoms with Gasteiger partial charge in [0.05, 0.1) is 11.1 Å². The number of nitrogens with zero attached hydrogens (tertiary/aromatic N) is 2. The molecule has 0 bridgehead atoms. The first-order valence-electron chi connectivity index (χ1n) is 5.17. The Kier molecular flexibility index (Phi) is 2.35. The van der Waals surface area contributed by atoms with Crippen LogP contribution in [0.15, 0.2) is 10.6 Å². The molecule has 2 rings (SSSR count). The molecule has 2 aromatic rings. The molecule has 0 atom stereocenters. The summed E-state index contributed by atoms with van der Waals surface area (Å²) < 4.78 is 5.24. The maximum Gasteiger partial charge on any atom is 0.260 e. The molecule has 0 aliphatic rings. The Hall–Kier alpha value is -1.62. The van der Waals surface area contributed by atoms with Gasteiger partial charge in [-0.15, -0.1) is 0 Å². The van der Waals surface area contributed by atoms with Crippen LogP contribution in [0.1, 0.15) is 32.2 Å². The van der Waals surface area contributed by atoms with E-state index in [0.717, 1.165) is 22.5 Å². The SMILES string of the molecule is Cc1cc(NN)c2c(C(C)(C)C)noc2n1. The molecule has 3 N–H and O–H groups in total. The lowest BCUT2D eigenvalue weighted by atomic mass is 9.90. The molecule has 2 aromatic heterocycles. The minimum Gasteiger partial charge on any atom is -0.335 e. The summed E-state index contributed by atoms with van der Waals surface area (Å²) >= 11 is 0. The average Bonchev–Trinajstić information content (AvgIpc) is 2.59. The Morgan fingerprint density at radius 1 is 1.38 bits per heavy atom. The smallest absolute Gasteiger partial charge is 0.260 e. The largest absolute Gasteiger partial charge is 0.335 e. The highest BCUT2D eigenvalue weighted by atomic mass is 16.5. The Balaban J connectivity index is 2.80. The Morgan fingerprint density at radius 2 is 2.06 bits per heavy atom. The number of anilines is 1. The van der Waals surface area contributed by atoms with Crippen molar-refractivity contribution >= 4 is 16.8 Å². The molecule has 2 heterocycles. The molecule has 0 aromatic carbocycles. The number of fused-ring (bicyclic) bond motifs is 1. The molecule has 0 unspecified atom stereocenters. The highest BCUT2D eigenvalue weighted by Gasteiger charge is 2.24. The molecular weight excluding hydrogens is 204 g/mol. The van der Waals surface area contributed by atoms with Crippen LogP contribution in [-0.4, -0.2) is 10.1 Å². The van der Waals surface area contributed by atoms with E-state index >= 15 is 0 Å². The molecule has 0 radical (unpaired) electrons. The summed E-state index contributed by atoms with van der Waals surface area (Å²) in [5.74, 6) is 5.51. The van der Waals surface area contributed by atoms with Crippen molar-refractivity contribution in [3.63, 3.8) is 0 Å². The van der Waals surface area contributed by atoms with E-state index in [2.05, 4.69) is 36.3 Å². The van der Waals surface area contributed by atoms with Gasteiger partial charge in [0.1, 0.15) is 5.69 Å². The third-order valence-corrected chi connectivity index (χ3v) is 2.44. The van der Waals surface area contributed by atoms with Gasteiger partial charge in [0.15, 0.2) is 0 Å². The standard InChI is InChI=1S/C11H16N4O/c1-6-5-7(14-12)8-9(11(2,3)4)15-16-10(8)13-6/h5H,12H2,1-4H3,(H,13,14). The molecule has 0 fully saturated rings. The molecule has 5 heteroatoms. The van der Waals surface area contributed by atoms with E-state index in [0.29, 0.717) is 5.71 Å². The molecule has 86 valence electrons. The summed E-state index contributed by atoms with van der Waals surface area (Å²) in [6.07, 6.45) is 0. The van der Waals surface area contributed by atoms with Crippen molar-refractivity contribution in [3.05, 3.63) is 17.5 Å². The molecule has 16 heavy (non-hydrogen) atoms. The minimum absolute atomic E-state index is 0.103. The quantitative estimate of drug-likeness (QED) is 0.568. The third kappa shape index (κ3) is 1.63. The molecule has 0 aliphatic heterocycles. The monoisotopic (exact) mass is 220 g/mol. The minimum atomic E-state index is -0.103. The second-order valence-corrected chi connectivity index (χ2v) is 4.92. The first-order valence-corrected chi connectivity index (χ1v) is 5.17. The number of aryl methyl sites for hydroxylation is 1. The van der Waals surface area contributed by atoms with E-state index in [9.17, 15) is 0 Å². The van der Waals surface area contributed by atoms with Gasteiger partial charge in [-0.1, -0.05) is 25.9 Å². The van der Waals surface area contributed by atoms with Crippen LogP contribution in [0.3, 0.4) is 0 Å². The Labute approximate surface area is 94.0 Å². The highest BCUT2D eigenvalue weighted by molar-refractivity contribution is 5.90. The molecule has 0 aliphatic carbocycles. The number of nitrogens with two attached hydrogens (primary N) is 1. The van der Waals surface area contributed by atoms with Gasteiger partial charge in [-0.3, -0.25) is 5.84 Å². The molecular formula is C11H16N4O. The topological polar surface area (TPSA) is 77.0 Å². The molecule has 0 saturated heterocycles. The van der Waals surface area contributed by atoms with Crippen LogP contribution in [0.25, 0.3) is 11.1 Å². The van der Waals surface area contributed by atoms with Gasteiger partial charge in [0.2, 0.25) is 0 Å². The van der Waals surface area contributed by atoms with E-state index in [1.807, 2.05) is 13.0 Å². The van der Waals surface area contributed by atoms with Crippen molar-refractivity contribution in [2.75, 3.05) is 5.43 Å². The maximum atomic E-state index is 5.51. The normalized spacial score (nSPS) is 12.1. The number of hydrogen-bond acceptors (Lipinski definition) is 5. The zero-order chi connectivity index (χ0) is 11.9. The summed E-state index contributed by atoms with van der Waals surface area (Å²) in [6, 6.07) is 1.88. The lowest BCUT2D eigenvalue weighted by Crippen LogP contribution is -2.14. The Morgan fingerprint density at radius 3 is 2.62 bits per heavy atom. The zero-order valence-electron chi connectivity index (χ0n) is 9.96. The first-order chi connectivity index (χ1) is 7.43. The number of pyridine rings is 1. The summed E-state index contributed by atoms with van der Waals surface area (Å²) in [6.45, 7) is 8.11. The van der Waals surface area contributed by atoms with E-state index in [-0.39, 0.29) is 5.41 Å². The molecule has 0 amide bonds. The molecule has 0 spiro atoms. The lowest BCUT2D eigenvalue weighted by molar-refractivity contribution is 0.414. The van der Waals surface area contributed by atoms with Crippen LogP contribution in [0.4, 0.5) is 5.69 Å². The van der Waals surface area contributed by atoms with Crippen LogP contribution in [0.2, 0.25) is 0 Å². The summed E-state index contributed by atoms with van der Waals surface area (Å²) in [7, 11) is 0. The van der Waals surface area contributed by atoms with E-state index in [4.69, 9.17) is 10.4 Å². The van der Waals surface area contributed by atoms with E-state index < -0.39 is 0 Å². The summed E-state index contributed by atoms with van der Waals surface area (Å²) in [4.78, 5) is 4.29. The number of hydrazine groups is 1. The Bertz CT molecular complexity index is 524. The third-order valence-electron chi connectivity index (χ3n) is 2.44. The van der Waals surface area contributed by atoms with Crippen molar-refractivity contribution < 1.29 is 4.52 Å². The predicted molar refractivity (Wildman–Crippen MR) is 63.1 cm³/mol. The summed E-state index contributed by atoms with van der Waals surface area (Å²) in [5.41, 5.74) is 5.60. The average molecular weight is 220 g/mol. The van der Waals surface area contributed by atoms with E-state index in [1.54, 1.807) is 0 Å². The van der Waals surface area contributed by atoms with Crippen LogP contribution in [0.5, 0.6) is 0 Å². The van der Waals surface area contributed by atoms with Crippen LogP contribution < -0.4 is 11.3 Å². The number of nitrogen functional groups attached to an aromatic ring is 1. The fraction of sp³-hybridized carbons (Fsp3) is 0.455. The van der Waals surface area contributed by atoms with Crippen LogP contribution >= 0.6 is 0 Å².